The molecule has 0 unspecified atom stereocenters. The largest absolute Gasteiger partial charge is 0.312 e. The van der Waals surface area contributed by atoms with Crippen LogP contribution >= 0.6 is 0 Å². The second-order valence-corrected chi connectivity index (χ2v) is 8.54. The summed E-state index contributed by atoms with van der Waals surface area (Å²) in [4.78, 5) is 13.6. The lowest BCUT2D eigenvalue weighted by atomic mass is 10.1. The van der Waals surface area contributed by atoms with Crippen LogP contribution in [-0.2, 0) is 27.7 Å². The van der Waals surface area contributed by atoms with Gasteiger partial charge in [0.2, 0.25) is 15.9 Å². The van der Waals surface area contributed by atoms with Gasteiger partial charge in [0.25, 0.3) is 0 Å². The van der Waals surface area contributed by atoms with E-state index in [1.807, 2.05) is 30.3 Å². The fourth-order valence-electron chi connectivity index (χ4n) is 3.37. The molecule has 0 radical (unpaired) electrons. The van der Waals surface area contributed by atoms with Crippen LogP contribution in [0.15, 0.2) is 66.1 Å². The molecule has 1 heterocycles. The van der Waals surface area contributed by atoms with Gasteiger partial charge in [-0.05, 0) is 42.2 Å². The lowest BCUT2D eigenvalue weighted by Crippen LogP contribution is -2.33. The molecule has 0 aliphatic carbocycles. The minimum Gasteiger partial charge on any atom is -0.312 e. The van der Waals surface area contributed by atoms with Gasteiger partial charge in [-0.1, -0.05) is 36.4 Å². The maximum atomic E-state index is 13.2. The fraction of sp³-hybridized carbons (Fsp3) is 0.286. The first kappa shape index (κ1) is 19.3. The SMILES string of the molecule is C=CCN(CCc1ccccc1)S(=O)(=O)c1ccc2c(c1)CCN2C(C)=O. The molecule has 0 spiro atoms. The highest BCUT2D eigenvalue weighted by molar-refractivity contribution is 7.89. The predicted octanol–water partition coefficient (Wildman–Crippen LogP) is 3.02. The molecule has 1 aliphatic rings. The lowest BCUT2D eigenvalue weighted by Gasteiger charge is -2.21. The molecule has 0 N–H and O–H groups in total. The summed E-state index contributed by atoms with van der Waals surface area (Å²) in [5.74, 6) is -0.0273. The van der Waals surface area contributed by atoms with Gasteiger partial charge in [-0.15, -0.1) is 6.58 Å². The highest BCUT2D eigenvalue weighted by atomic mass is 32.2. The summed E-state index contributed by atoms with van der Waals surface area (Å²) < 4.78 is 27.8. The molecule has 1 amide bonds. The fourth-order valence-corrected chi connectivity index (χ4v) is 4.83. The van der Waals surface area contributed by atoms with E-state index in [-0.39, 0.29) is 17.3 Å². The summed E-state index contributed by atoms with van der Waals surface area (Å²) in [6, 6.07) is 14.8. The Kier molecular flexibility index (Phi) is 5.77. The Morgan fingerprint density at radius 2 is 1.96 bits per heavy atom. The van der Waals surface area contributed by atoms with Gasteiger partial charge in [-0.25, -0.2) is 8.42 Å². The minimum atomic E-state index is -3.63. The number of fused-ring (bicyclic) bond motifs is 1. The van der Waals surface area contributed by atoms with Crippen LogP contribution < -0.4 is 4.90 Å². The van der Waals surface area contributed by atoms with Crippen LogP contribution in [-0.4, -0.2) is 38.3 Å². The van der Waals surface area contributed by atoms with Crippen molar-refractivity contribution in [3.05, 3.63) is 72.3 Å². The first-order valence-electron chi connectivity index (χ1n) is 8.99. The van der Waals surface area contributed by atoms with Gasteiger partial charge in [0.15, 0.2) is 0 Å². The zero-order valence-corrected chi connectivity index (χ0v) is 16.3. The average molecular weight is 385 g/mol. The third kappa shape index (κ3) is 4.12. The summed E-state index contributed by atoms with van der Waals surface area (Å²) in [7, 11) is -3.63. The van der Waals surface area contributed by atoms with E-state index in [1.54, 1.807) is 29.2 Å². The molecule has 3 rings (SSSR count). The zero-order chi connectivity index (χ0) is 19.4. The molecule has 142 valence electrons. The van der Waals surface area contributed by atoms with Gasteiger partial charge >= 0.3 is 0 Å². The van der Waals surface area contributed by atoms with Crippen LogP contribution in [0.5, 0.6) is 0 Å². The van der Waals surface area contributed by atoms with Crippen molar-refractivity contribution in [2.45, 2.75) is 24.7 Å². The van der Waals surface area contributed by atoms with Crippen molar-refractivity contribution in [3.8, 4) is 0 Å². The Morgan fingerprint density at radius 1 is 1.22 bits per heavy atom. The quantitative estimate of drug-likeness (QED) is 0.690. The van der Waals surface area contributed by atoms with E-state index in [2.05, 4.69) is 6.58 Å². The topological polar surface area (TPSA) is 57.7 Å². The first-order chi connectivity index (χ1) is 12.9. The van der Waals surface area contributed by atoms with E-state index in [1.165, 1.54) is 11.2 Å². The van der Waals surface area contributed by atoms with Gasteiger partial charge in [0, 0.05) is 32.2 Å². The van der Waals surface area contributed by atoms with E-state index in [0.29, 0.717) is 25.9 Å². The van der Waals surface area contributed by atoms with Crippen molar-refractivity contribution >= 4 is 21.6 Å². The average Bonchev–Trinajstić information content (AvgIpc) is 3.09. The lowest BCUT2D eigenvalue weighted by molar-refractivity contribution is -0.116. The maximum Gasteiger partial charge on any atom is 0.243 e. The molecular weight excluding hydrogens is 360 g/mol. The summed E-state index contributed by atoms with van der Waals surface area (Å²) >= 11 is 0. The number of carbonyl (C=O) groups excluding carboxylic acids is 1. The van der Waals surface area contributed by atoms with Gasteiger partial charge in [0.05, 0.1) is 4.90 Å². The van der Waals surface area contributed by atoms with Crippen molar-refractivity contribution in [3.63, 3.8) is 0 Å². The van der Waals surface area contributed by atoms with E-state index in [9.17, 15) is 13.2 Å². The molecule has 0 saturated heterocycles. The highest BCUT2D eigenvalue weighted by Gasteiger charge is 2.27. The Balaban J connectivity index is 1.84. The van der Waals surface area contributed by atoms with Crippen molar-refractivity contribution in [2.24, 2.45) is 0 Å². The Bertz CT molecular complexity index is 939. The third-order valence-corrected chi connectivity index (χ3v) is 6.65. The molecule has 27 heavy (non-hydrogen) atoms. The number of nitrogens with zero attached hydrogens (tertiary/aromatic N) is 2. The molecule has 0 atom stereocenters. The second-order valence-electron chi connectivity index (χ2n) is 6.60. The monoisotopic (exact) mass is 384 g/mol. The van der Waals surface area contributed by atoms with E-state index in [0.717, 1.165) is 16.8 Å². The Hall–Kier alpha value is -2.44. The first-order valence-corrected chi connectivity index (χ1v) is 10.4. The molecular formula is C21H24N2O3S. The van der Waals surface area contributed by atoms with Gasteiger partial charge in [-0.3, -0.25) is 4.79 Å². The van der Waals surface area contributed by atoms with Crippen LogP contribution in [0.4, 0.5) is 5.69 Å². The molecule has 0 aromatic heterocycles. The molecule has 0 bridgehead atoms. The van der Waals surface area contributed by atoms with Gasteiger partial charge in [-0.2, -0.15) is 4.31 Å². The smallest absolute Gasteiger partial charge is 0.243 e. The Morgan fingerprint density at radius 3 is 2.63 bits per heavy atom. The number of rotatable bonds is 7. The Labute approximate surface area is 161 Å². The molecule has 1 aliphatic heterocycles. The number of benzene rings is 2. The van der Waals surface area contributed by atoms with Crippen molar-refractivity contribution < 1.29 is 13.2 Å². The predicted molar refractivity (Wildman–Crippen MR) is 107 cm³/mol. The highest BCUT2D eigenvalue weighted by Crippen LogP contribution is 2.31. The van der Waals surface area contributed by atoms with Crippen LogP contribution in [0.3, 0.4) is 0 Å². The number of sulfonamides is 1. The van der Waals surface area contributed by atoms with Crippen molar-refractivity contribution in [1.82, 2.24) is 4.31 Å². The van der Waals surface area contributed by atoms with Crippen LogP contribution in [0.25, 0.3) is 0 Å². The van der Waals surface area contributed by atoms with Crippen LogP contribution in [0.1, 0.15) is 18.1 Å². The standard InChI is InChI=1S/C21H24N2O3S/c1-3-13-22(14-11-18-7-5-4-6-8-18)27(25,26)20-9-10-21-19(16-20)12-15-23(21)17(2)24/h3-10,16H,1,11-15H2,2H3. The third-order valence-electron chi connectivity index (χ3n) is 4.79. The summed E-state index contributed by atoms with van der Waals surface area (Å²) in [6.07, 6.45) is 2.91. The van der Waals surface area contributed by atoms with Crippen LogP contribution in [0, 0.1) is 0 Å². The minimum absolute atomic E-state index is 0.0273. The molecule has 0 fully saturated rings. The van der Waals surface area contributed by atoms with Crippen molar-refractivity contribution in [2.75, 3.05) is 24.5 Å². The maximum absolute atomic E-state index is 13.2. The number of carbonyl (C=O) groups is 1. The summed E-state index contributed by atoms with van der Waals surface area (Å²) in [5, 5.41) is 0. The summed E-state index contributed by atoms with van der Waals surface area (Å²) in [5.41, 5.74) is 2.79. The van der Waals surface area contributed by atoms with Gasteiger partial charge in [0.1, 0.15) is 0 Å². The summed E-state index contributed by atoms with van der Waals surface area (Å²) in [6.45, 7) is 6.46. The number of anilines is 1. The second kappa shape index (κ2) is 8.06. The molecule has 6 heteroatoms. The number of hydrogen-bond acceptors (Lipinski definition) is 3. The molecule has 5 nitrogen and oxygen atoms in total. The van der Waals surface area contributed by atoms with E-state index >= 15 is 0 Å². The van der Waals surface area contributed by atoms with Crippen molar-refractivity contribution in [1.29, 1.82) is 0 Å². The zero-order valence-electron chi connectivity index (χ0n) is 15.5. The molecule has 2 aromatic carbocycles. The van der Waals surface area contributed by atoms with Crippen LogP contribution in [0.2, 0.25) is 0 Å². The molecule has 2 aromatic rings. The number of amides is 1. The van der Waals surface area contributed by atoms with E-state index < -0.39 is 10.0 Å². The molecule has 0 saturated carbocycles. The number of hydrogen-bond donors (Lipinski definition) is 0. The van der Waals surface area contributed by atoms with E-state index in [4.69, 9.17) is 0 Å². The normalized spacial score (nSPS) is 13.6. The van der Waals surface area contributed by atoms with Gasteiger partial charge < -0.3 is 4.90 Å².